The molecule has 2 rings (SSSR count). The van der Waals surface area contributed by atoms with Crippen LogP contribution in [0.25, 0.3) is 0 Å². The Morgan fingerprint density at radius 1 is 1.30 bits per heavy atom. The number of rotatable bonds is 5. The van der Waals surface area contributed by atoms with E-state index >= 15 is 0 Å². The largest absolute Gasteiger partial charge is 0.371 e. The highest BCUT2D eigenvalue weighted by Crippen LogP contribution is 2.29. The summed E-state index contributed by atoms with van der Waals surface area (Å²) in [6.45, 7) is 8.54. The molecule has 0 spiro atoms. The van der Waals surface area contributed by atoms with E-state index in [-0.39, 0.29) is 5.41 Å². The molecule has 20 heavy (non-hydrogen) atoms. The summed E-state index contributed by atoms with van der Waals surface area (Å²) in [5, 5.41) is 9.04. The Kier molecular flexibility index (Phi) is 4.70. The van der Waals surface area contributed by atoms with E-state index in [2.05, 4.69) is 36.1 Å². The third-order valence-corrected chi connectivity index (χ3v) is 4.23. The van der Waals surface area contributed by atoms with Crippen molar-refractivity contribution >= 4 is 5.69 Å². The van der Waals surface area contributed by atoms with E-state index in [1.165, 1.54) is 42.6 Å². The molecule has 0 N–H and O–H groups in total. The van der Waals surface area contributed by atoms with Crippen LogP contribution in [0, 0.1) is 23.7 Å². The lowest BCUT2D eigenvalue weighted by atomic mass is 9.89. The van der Waals surface area contributed by atoms with Gasteiger partial charge in [-0.15, -0.1) is 0 Å². The molecule has 0 unspecified atom stereocenters. The van der Waals surface area contributed by atoms with E-state index < -0.39 is 0 Å². The maximum Gasteiger partial charge on any atom is 0.0683 e. The van der Waals surface area contributed by atoms with Crippen molar-refractivity contribution in [2.24, 2.45) is 5.41 Å². The quantitative estimate of drug-likeness (QED) is 0.738. The van der Waals surface area contributed by atoms with Gasteiger partial charge in [-0.2, -0.15) is 5.26 Å². The van der Waals surface area contributed by atoms with Gasteiger partial charge >= 0.3 is 0 Å². The van der Waals surface area contributed by atoms with E-state index in [9.17, 15) is 0 Å². The fourth-order valence-corrected chi connectivity index (χ4v) is 2.96. The van der Waals surface area contributed by atoms with Crippen LogP contribution in [0.15, 0.2) is 18.2 Å². The standard InChI is InChI=1S/C18H26N2/c1-15-8-9-17-16(13-15)7-6-12-20(17)11-5-4-10-18(2,3)14-19/h8-9,13H,4-7,10-12H2,1-3H3. The summed E-state index contributed by atoms with van der Waals surface area (Å²) in [6, 6.07) is 9.22. The maximum atomic E-state index is 9.04. The van der Waals surface area contributed by atoms with Gasteiger partial charge in [0.2, 0.25) is 0 Å². The zero-order valence-electron chi connectivity index (χ0n) is 13.1. The highest BCUT2D eigenvalue weighted by molar-refractivity contribution is 5.56. The summed E-state index contributed by atoms with van der Waals surface area (Å²) in [7, 11) is 0. The molecule has 0 amide bonds. The SMILES string of the molecule is Cc1ccc2c(c1)CCCN2CCCCC(C)(C)C#N. The summed E-state index contributed by atoms with van der Waals surface area (Å²) in [5.74, 6) is 0. The molecule has 1 aliphatic rings. The first-order valence-electron chi connectivity index (χ1n) is 7.77. The highest BCUT2D eigenvalue weighted by Gasteiger charge is 2.18. The molecule has 0 atom stereocenters. The zero-order chi connectivity index (χ0) is 14.6. The Morgan fingerprint density at radius 3 is 2.85 bits per heavy atom. The van der Waals surface area contributed by atoms with Crippen molar-refractivity contribution in [3.05, 3.63) is 29.3 Å². The Bertz CT molecular complexity index is 497. The molecular weight excluding hydrogens is 244 g/mol. The highest BCUT2D eigenvalue weighted by atomic mass is 15.1. The smallest absolute Gasteiger partial charge is 0.0683 e. The molecule has 1 heterocycles. The molecule has 0 aromatic heterocycles. The summed E-state index contributed by atoms with van der Waals surface area (Å²) in [4.78, 5) is 2.53. The first-order chi connectivity index (χ1) is 9.52. The van der Waals surface area contributed by atoms with Gasteiger partial charge in [0.15, 0.2) is 0 Å². The van der Waals surface area contributed by atoms with E-state index in [0.29, 0.717) is 0 Å². The first-order valence-corrected chi connectivity index (χ1v) is 7.77. The molecule has 0 radical (unpaired) electrons. The average molecular weight is 270 g/mol. The van der Waals surface area contributed by atoms with E-state index in [1.807, 2.05) is 13.8 Å². The van der Waals surface area contributed by atoms with Gasteiger partial charge in [0.1, 0.15) is 0 Å². The number of hydrogen-bond donors (Lipinski definition) is 0. The lowest BCUT2D eigenvalue weighted by molar-refractivity contribution is 0.426. The molecule has 0 saturated carbocycles. The summed E-state index contributed by atoms with van der Waals surface area (Å²) < 4.78 is 0. The van der Waals surface area contributed by atoms with Crippen LogP contribution < -0.4 is 4.90 Å². The molecule has 2 nitrogen and oxygen atoms in total. The Hall–Kier alpha value is -1.49. The second-order valence-electron chi connectivity index (χ2n) is 6.68. The number of nitrogens with zero attached hydrogens (tertiary/aromatic N) is 2. The number of nitriles is 1. The van der Waals surface area contributed by atoms with Crippen molar-refractivity contribution in [3.8, 4) is 6.07 Å². The van der Waals surface area contributed by atoms with E-state index in [0.717, 1.165) is 19.4 Å². The van der Waals surface area contributed by atoms with Crippen LogP contribution in [-0.2, 0) is 6.42 Å². The van der Waals surface area contributed by atoms with Gasteiger partial charge in [-0.05, 0) is 58.1 Å². The van der Waals surface area contributed by atoms with Crippen molar-refractivity contribution in [2.75, 3.05) is 18.0 Å². The van der Waals surface area contributed by atoms with Gasteiger partial charge in [0.25, 0.3) is 0 Å². The lowest BCUT2D eigenvalue weighted by Crippen LogP contribution is -2.30. The fourth-order valence-electron chi connectivity index (χ4n) is 2.96. The van der Waals surface area contributed by atoms with Crippen molar-refractivity contribution in [1.29, 1.82) is 5.26 Å². The molecule has 0 fully saturated rings. The predicted octanol–water partition coefficient (Wildman–Crippen LogP) is 4.47. The van der Waals surface area contributed by atoms with Gasteiger partial charge in [-0.1, -0.05) is 24.1 Å². The van der Waals surface area contributed by atoms with Gasteiger partial charge in [-0.25, -0.2) is 0 Å². The molecule has 2 heteroatoms. The Morgan fingerprint density at radius 2 is 2.10 bits per heavy atom. The van der Waals surface area contributed by atoms with Crippen LogP contribution in [-0.4, -0.2) is 13.1 Å². The molecule has 0 bridgehead atoms. The Balaban J connectivity index is 1.88. The Labute approximate surface area is 123 Å². The molecule has 0 saturated heterocycles. The first kappa shape index (κ1) is 14.9. The van der Waals surface area contributed by atoms with Crippen molar-refractivity contribution in [1.82, 2.24) is 0 Å². The number of anilines is 1. The van der Waals surface area contributed by atoms with Gasteiger partial charge in [0, 0.05) is 18.8 Å². The van der Waals surface area contributed by atoms with E-state index in [1.54, 1.807) is 0 Å². The van der Waals surface area contributed by atoms with Gasteiger partial charge in [-0.3, -0.25) is 0 Å². The molecule has 1 aromatic rings. The van der Waals surface area contributed by atoms with Crippen LogP contribution in [0.4, 0.5) is 5.69 Å². The number of benzene rings is 1. The minimum atomic E-state index is -0.170. The fraction of sp³-hybridized carbons (Fsp3) is 0.611. The maximum absolute atomic E-state index is 9.04. The van der Waals surface area contributed by atoms with Crippen LogP contribution in [0.3, 0.4) is 0 Å². The molecule has 1 aromatic carbocycles. The molecule has 1 aliphatic heterocycles. The van der Waals surface area contributed by atoms with Gasteiger partial charge in [0.05, 0.1) is 11.5 Å². The van der Waals surface area contributed by atoms with Crippen LogP contribution in [0.5, 0.6) is 0 Å². The van der Waals surface area contributed by atoms with Crippen LogP contribution >= 0.6 is 0 Å². The number of unbranched alkanes of at least 4 members (excludes halogenated alkanes) is 1. The minimum absolute atomic E-state index is 0.170. The monoisotopic (exact) mass is 270 g/mol. The van der Waals surface area contributed by atoms with Crippen molar-refractivity contribution in [3.63, 3.8) is 0 Å². The van der Waals surface area contributed by atoms with Crippen molar-refractivity contribution < 1.29 is 0 Å². The molecular formula is C18H26N2. The third-order valence-electron chi connectivity index (χ3n) is 4.23. The summed E-state index contributed by atoms with van der Waals surface area (Å²) >= 11 is 0. The summed E-state index contributed by atoms with van der Waals surface area (Å²) in [6.07, 6.45) is 5.80. The number of aryl methyl sites for hydroxylation is 2. The molecule has 108 valence electrons. The van der Waals surface area contributed by atoms with Crippen molar-refractivity contribution in [2.45, 2.75) is 52.9 Å². The van der Waals surface area contributed by atoms with Crippen LogP contribution in [0.1, 0.15) is 50.7 Å². The average Bonchev–Trinajstić information content (AvgIpc) is 2.43. The van der Waals surface area contributed by atoms with E-state index in [4.69, 9.17) is 5.26 Å². The lowest BCUT2D eigenvalue weighted by Gasteiger charge is -2.32. The molecule has 0 aliphatic carbocycles. The zero-order valence-corrected chi connectivity index (χ0v) is 13.1. The number of hydrogen-bond acceptors (Lipinski definition) is 2. The predicted molar refractivity (Wildman–Crippen MR) is 85.0 cm³/mol. The van der Waals surface area contributed by atoms with Crippen LogP contribution in [0.2, 0.25) is 0 Å². The second-order valence-corrected chi connectivity index (χ2v) is 6.68. The normalized spacial score (nSPS) is 14.8. The van der Waals surface area contributed by atoms with Gasteiger partial charge < -0.3 is 4.90 Å². The third kappa shape index (κ3) is 3.76. The topological polar surface area (TPSA) is 27.0 Å². The number of fused-ring (bicyclic) bond motifs is 1. The summed E-state index contributed by atoms with van der Waals surface area (Å²) in [5.41, 5.74) is 4.13. The minimum Gasteiger partial charge on any atom is -0.371 e. The second kappa shape index (κ2) is 6.31.